The van der Waals surface area contributed by atoms with Gasteiger partial charge in [-0.3, -0.25) is 4.90 Å². The van der Waals surface area contributed by atoms with Gasteiger partial charge in [0.15, 0.2) is 0 Å². The molecule has 2 heteroatoms. The topological polar surface area (TPSA) is 15.3 Å². The predicted molar refractivity (Wildman–Crippen MR) is 69.6 cm³/mol. The summed E-state index contributed by atoms with van der Waals surface area (Å²) in [5, 5.41) is 3.53. The lowest BCUT2D eigenvalue weighted by Crippen LogP contribution is -2.41. The van der Waals surface area contributed by atoms with Crippen molar-refractivity contribution >= 4 is 0 Å². The molecule has 1 saturated heterocycles. The Morgan fingerprint density at radius 3 is 2.31 bits per heavy atom. The monoisotopic (exact) mass is 224 g/mol. The normalized spacial score (nSPS) is 35.4. The van der Waals surface area contributed by atoms with Crippen molar-refractivity contribution in [2.24, 2.45) is 16.7 Å². The number of hydrogen-bond donors (Lipinski definition) is 1. The van der Waals surface area contributed by atoms with Crippen molar-refractivity contribution in [3.05, 3.63) is 0 Å². The highest BCUT2D eigenvalue weighted by atomic mass is 15.2. The third-order valence-corrected chi connectivity index (χ3v) is 5.15. The van der Waals surface area contributed by atoms with Crippen LogP contribution in [0.15, 0.2) is 0 Å². The summed E-state index contributed by atoms with van der Waals surface area (Å²) in [5.41, 5.74) is 0.999. The van der Waals surface area contributed by atoms with E-state index in [1.807, 2.05) is 0 Å². The van der Waals surface area contributed by atoms with E-state index >= 15 is 0 Å². The smallest absolute Gasteiger partial charge is 0.0209 e. The van der Waals surface area contributed by atoms with Crippen LogP contribution in [0.3, 0.4) is 0 Å². The van der Waals surface area contributed by atoms with Crippen molar-refractivity contribution in [1.29, 1.82) is 0 Å². The quantitative estimate of drug-likeness (QED) is 0.735. The predicted octanol–water partition coefficient (Wildman–Crippen LogP) is 2.35. The molecule has 1 N–H and O–H groups in total. The maximum absolute atomic E-state index is 3.53. The van der Waals surface area contributed by atoms with Crippen LogP contribution < -0.4 is 5.32 Å². The molecule has 2 aliphatic rings. The lowest BCUT2D eigenvalue weighted by atomic mass is 10.0. The average molecular weight is 224 g/mol. The molecular formula is C14H28N2. The highest BCUT2D eigenvalue weighted by molar-refractivity contribution is 5.18. The molecule has 2 fully saturated rings. The van der Waals surface area contributed by atoms with E-state index in [0.717, 1.165) is 12.0 Å². The van der Waals surface area contributed by atoms with E-state index in [2.05, 4.69) is 44.8 Å². The second kappa shape index (κ2) is 3.99. The van der Waals surface area contributed by atoms with Crippen molar-refractivity contribution in [3.8, 4) is 0 Å². The second-order valence-electron chi connectivity index (χ2n) is 7.00. The molecule has 0 aromatic heterocycles. The van der Waals surface area contributed by atoms with Crippen molar-refractivity contribution in [3.63, 3.8) is 0 Å². The van der Waals surface area contributed by atoms with Gasteiger partial charge < -0.3 is 5.32 Å². The fraction of sp³-hybridized carbons (Fsp3) is 1.00. The molecule has 0 bridgehead atoms. The van der Waals surface area contributed by atoms with Gasteiger partial charge in [0.05, 0.1) is 0 Å². The molecule has 0 aromatic rings. The molecule has 94 valence electrons. The first-order chi connectivity index (χ1) is 7.37. The van der Waals surface area contributed by atoms with E-state index in [1.165, 1.54) is 32.6 Å². The van der Waals surface area contributed by atoms with Crippen LogP contribution in [0.4, 0.5) is 0 Å². The molecule has 0 radical (unpaired) electrons. The first kappa shape index (κ1) is 12.4. The van der Waals surface area contributed by atoms with Gasteiger partial charge in [-0.15, -0.1) is 0 Å². The third-order valence-electron chi connectivity index (χ3n) is 5.15. The van der Waals surface area contributed by atoms with Crippen molar-refractivity contribution in [2.75, 3.05) is 26.2 Å². The molecule has 0 spiro atoms. The summed E-state index contributed by atoms with van der Waals surface area (Å²) in [4.78, 5) is 2.76. The number of nitrogens with zero attached hydrogens (tertiary/aromatic N) is 1. The Morgan fingerprint density at radius 1 is 1.12 bits per heavy atom. The Morgan fingerprint density at radius 2 is 1.75 bits per heavy atom. The van der Waals surface area contributed by atoms with E-state index in [-0.39, 0.29) is 0 Å². The van der Waals surface area contributed by atoms with Gasteiger partial charge >= 0.3 is 0 Å². The Labute approximate surface area is 101 Å². The van der Waals surface area contributed by atoms with Crippen LogP contribution in [0.2, 0.25) is 0 Å². The van der Waals surface area contributed by atoms with Crippen molar-refractivity contribution in [1.82, 2.24) is 10.2 Å². The van der Waals surface area contributed by atoms with E-state index in [1.54, 1.807) is 0 Å². The van der Waals surface area contributed by atoms with E-state index < -0.39 is 0 Å². The Hall–Kier alpha value is -0.0800. The molecule has 1 aliphatic heterocycles. The molecule has 16 heavy (non-hydrogen) atoms. The molecule has 1 heterocycles. The van der Waals surface area contributed by atoms with Crippen LogP contribution in [0.25, 0.3) is 0 Å². The van der Waals surface area contributed by atoms with Crippen LogP contribution in [0.5, 0.6) is 0 Å². The molecule has 1 unspecified atom stereocenters. The number of hydrogen-bond acceptors (Lipinski definition) is 2. The zero-order valence-corrected chi connectivity index (χ0v) is 11.6. The van der Waals surface area contributed by atoms with Crippen LogP contribution in [-0.2, 0) is 0 Å². The summed E-state index contributed by atoms with van der Waals surface area (Å²) in [6.07, 6.45) is 1.30. The standard InChI is InChI=1S/C14H28N2/c1-11-9-15-7-6-8-16(10-11)12-13(2,3)14(12,4)5/h11-12,15H,6-10H2,1-5H3. The fourth-order valence-electron chi connectivity index (χ4n) is 3.62. The maximum atomic E-state index is 3.53. The molecule has 1 aliphatic carbocycles. The summed E-state index contributed by atoms with van der Waals surface area (Å²) < 4.78 is 0. The minimum absolute atomic E-state index is 0.499. The largest absolute Gasteiger partial charge is 0.316 e. The second-order valence-corrected chi connectivity index (χ2v) is 7.00. The fourth-order valence-corrected chi connectivity index (χ4v) is 3.62. The molecule has 2 rings (SSSR count). The minimum atomic E-state index is 0.499. The molecule has 0 aromatic carbocycles. The van der Waals surface area contributed by atoms with E-state index in [4.69, 9.17) is 0 Å². The summed E-state index contributed by atoms with van der Waals surface area (Å²) in [7, 11) is 0. The average Bonchev–Trinajstić information content (AvgIpc) is 2.51. The molecular weight excluding hydrogens is 196 g/mol. The van der Waals surface area contributed by atoms with Gasteiger partial charge in [-0.2, -0.15) is 0 Å². The van der Waals surface area contributed by atoms with E-state index in [0.29, 0.717) is 10.8 Å². The Kier molecular flexibility index (Phi) is 3.09. The Bertz CT molecular complexity index is 243. The van der Waals surface area contributed by atoms with Crippen molar-refractivity contribution in [2.45, 2.75) is 47.1 Å². The molecule has 1 atom stereocenters. The zero-order valence-electron chi connectivity index (χ0n) is 11.6. The van der Waals surface area contributed by atoms with Gasteiger partial charge in [-0.1, -0.05) is 34.6 Å². The SMILES string of the molecule is CC1CNCCCN(C2C(C)(C)C2(C)C)C1. The van der Waals surface area contributed by atoms with Gasteiger partial charge in [-0.05, 0) is 42.8 Å². The number of nitrogens with one attached hydrogen (secondary N) is 1. The summed E-state index contributed by atoms with van der Waals surface area (Å²) >= 11 is 0. The highest BCUT2D eigenvalue weighted by Gasteiger charge is 2.66. The van der Waals surface area contributed by atoms with Gasteiger partial charge in [0, 0.05) is 12.6 Å². The Balaban J connectivity index is 2.03. The van der Waals surface area contributed by atoms with Gasteiger partial charge in [0.25, 0.3) is 0 Å². The summed E-state index contributed by atoms with van der Waals surface area (Å²) in [5.74, 6) is 0.785. The van der Waals surface area contributed by atoms with Crippen molar-refractivity contribution < 1.29 is 0 Å². The van der Waals surface area contributed by atoms with Gasteiger partial charge in [-0.25, -0.2) is 0 Å². The first-order valence-corrected chi connectivity index (χ1v) is 6.82. The van der Waals surface area contributed by atoms with Crippen LogP contribution in [0.1, 0.15) is 41.0 Å². The lowest BCUT2D eigenvalue weighted by Gasteiger charge is -2.30. The van der Waals surface area contributed by atoms with Gasteiger partial charge in [0.1, 0.15) is 0 Å². The van der Waals surface area contributed by atoms with Crippen LogP contribution in [-0.4, -0.2) is 37.1 Å². The number of rotatable bonds is 1. The zero-order chi connectivity index (χ0) is 12.0. The third kappa shape index (κ3) is 1.91. The molecule has 2 nitrogen and oxygen atoms in total. The summed E-state index contributed by atoms with van der Waals surface area (Å²) in [6, 6.07) is 0.792. The molecule has 0 amide bonds. The van der Waals surface area contributed by atoms with Gasteiger partial charge in [0.2, 0.25) is 0 Å². The first-order valence-electron chi connectivity index (χ1n) is 6.82. The van der Waals surface area contributed by atoms with Crippen LogP contribution >= 0.6 is 0 Å². The maximum Gasteiger partial charge on any atom is 0.0209 e. The van der Waals surface area contributed by atoms with E-state index in [9.17, 15) is 0 Å². The lowest BCUT2D eigenvalue weighted by molar-refractivity contribution is 0.180. The highest BCUT2D eigenvalue weighted by Crippen LogP contribution is 2.65. The summed E-state index contributed by atoms with van der Waals surface area (Å²) in [6.45, 7) is 17.0. The minimum Gasteiger partial charge on any atom is -0.316 e. The van der Waals surface area contributed by atoms with Crippen LogP contribution in [0, 0.1) is 16.7 Å². The molecule has 1 saturated carbocycles.